The molecule has 0 spiro atoms. The van der Waals surface area contributed by atoms with Crippen molar-refractivity contribution in [2.24, 2.45) is 0 Å². The monoisotopic (exact) mass is 276 g/mol. The van der Waals surface area contributed by atoms with Crippen molar-refractivity contribution in [1.82, 2.24) is 0 Å². The molecule has 0 N–H and O–H groups in total. The third-order valence-electron chi connectivity index (χ3n) is 2.44. The van der Waals surface area contributed by atoms with Crippen LogP contribution in [0.4, 0.5) is 0 Å². The van der Waals surface area contributed by atoms with Crippen LogP contribution in [0.15, 0.2) is 65.0 Å². The van der Waals surface area contributed by atoms with Crippen LogP contribution in [0.5, 0.6) is 5.75 Å². The quantitative estimate of drug-likeness (QED) is 0.725. The van der Waals surface area contributed by atoms with E-state index in [0.29, 0.717) is 0 Å². The molecule has 0 radical (unpaired) electrons. The van der Waals surface area contributed by atoms with Crippen molar-refractivity contribution >= 4 is 28.3 Å². The topological polar surface area (TPSA) is 9.23 Å². The van der Waals surface area contributed by atoms with Gasteiger partial charge in [0.05, 0.1) is 7.11 Å². The van der Waals surface area contributed by atoms with Gasteiger partial charge in [0, 0.05) is 15.3 Å². The maximum absolute atomic E-state index is 5.91. The molecule has 0 amide bonds. The van der Waals surface area contributed by atoms with E-state index >= 15 is 0 Å². The van der Waals surface area contributed by atoms with Crippen molar-refractivity contribution < 1.29 is 4.74 Å². The number of rotatable bonds is 4. The Bertz CT molecular complexity index is 520. The van der Waals surface area contributed by atoms with Crippen molar-refractivity contribution in [2.75, 3.05) is 7.11 Å². The molecular weight excluding hydrogens is 264 g/mol. The summed E-state index contributed by atoms with van der Waals surface area (Å²) >= 11 is 7.56. The highest BCUT2D eigenvalue weighted by Crippen LogP contribution is 2.35. The minimum absolute atomic E-state index is 0.845. The van der Waals surface area contributed by atoms with Gasteiger partial charge in [0.2, 0.25) is 0 Å². The van der Waals surface area contributed by atoms with Crippen LogP contribution < -0.4 is 4.74 Å². The number of thioether (sulfide) groups is 1. The van der Waals surface area contributed by atoms with E-state index in [1.54, 1.807) is 24.4 Å². The average Bonchev–Trinajstić information content (AvgIpc) is 2.46. The SMILES string of the molecule is COc1ccc(/C(=C\Cl)Sc2ccccc2)cc1. The fraction of sp³-hybridized carbons (Fsp3) is 0.0667. The summed E-state index contributed by atoms with van der Waals surface area (Å²) < 4.78 is 5.14. The molecule has 2 aromatic rings. The zero-order valence-corrected chi connectivity index (χ0v) is 11.5. The molecule has 1 nitrogen and oxygen atoms in total. The second-order valence-electron chi connectivity index (χ2n) is 3.62. The summed E-state index contributed by atoms with van der Waals surface area (Å²) in [6.07, 6.45) is 0. The summed E-state index contributed by atoms with van der Waals surface area (Å²) in [5.41, 5.74) is 2.69. The zero-order chi connectivity index (χ0) is 12.8. The number of hydrogen-bond acceptors (Lipinski definition) is 2. The van der Waals surface area contributed by atoms with Gasteiger partial charge in [-0.3, -0.25) is 0 Å². The Balaban J connectivity index is 2.18. The minimum atomic E-state index is 0.845. The van der Waals surface area contributed by atoms with E-state index in [4.69, 9.17) is 16.3 Å². The van der Waals surface area contributed by atoms with Crippen LogP contribution in [0, 0.1) is 0 Å². The molecule has 0 atom stereocenters. The molecule has 18 heavy (non-hydrogen) atoms. The fourth-order valence-corrected chi connectivity index (χ4v) is 2.62. The first-order valence-corrected chi connectivity index (χ1v) is 6.76. The first kappa shape index (κ1) is 13.1. The van der Waals surface area contributed by atoms with Gasteiger partial charge in [0.1, 0.15) is 5.75 Å². The van der Waals surface area contributed by atoms with Crippen molar-refractivity contribution in [2.45, 2.75) is 4.90 Å². The summed E-state index contributed by atoms with van der Waals surface area (Å²) in [5.74, 6) is 0.845. The van der Waals surface area contributed by atoms with Crippen LogP contribution in [-0.2, 0) is 0 Å². The van der Waals surface area contributed by atoms with Crippen LogP contribution in [0.25, 0.3) is 4.91 Å². The molecule has 0 aromatic heterocycles. The highest BCUT2D eigenvalue weighted by atomic mass is 35.5. The Morgan fingerprint density at radius 2 is 1.72 bits per heavy atom. The molecule has 2 rings (SSSR count). The number of methoxy groups -OCH3 is 1. The smallest absolute Gasteiger partial charge is 0.118 e. The second-order valence-corrected chi connectivity index (χ2v) is 4.95. The van der Waals surface area contributed by atoms with E-state index in [-0.39, 0.29) is 0 Å². The molecule has 3 heteroatoms. The van der Waals surface area contributed by atoms with Gasteiger partial charge in [-0.25, -0.2) is 0 Å². The molecule has 92 valence electrons. The first-order valence-electron chi connectivity index (χ1n) is 5.51. The molecule has 0 fully saturated rings. The molecule has 0 aliphatic heterocycles. The predicted molar refractivity (Wildman–Crippen MR) is 79.1 cm³/mol. The van der Waals surface area contributed by atoms with E-state index in [1.807, 2.05) is 42.5 Å². The van der Waals surface area contributed by atoms with Crippen LogP contribution in [-0.4, -0.2) is 7.11 Å². The number of halogens is 1. The van der Waals surface area contributed by atoms with Gasteiger partial charge in [-0.15, -0.1) is 0 Å². The van der Waals surface area contributed by atoms with E-state index in [2.05, 4.69) is 12.1 Å². The summed E-state index contributed by atoms with van der Waals surface area (Å²) in [5, 5.41) is 0. The molecule has 0 saturated heterocycles. The predicted octanol–water partition coefficient (Wildman–Crippen LogP) is 5.02. The Hall–Kier alpha value is -1.38. The maximum atomic E-state index is 5.91. The van der Waals surface area contributed by atoms with Crippen molar-refractivity contribution in [3.05, 3.63) is 65.7 Å². The lowest BCUT2D eigenvalue weighted by atomic mass is 10.2. The van der Waals surface area contributed by atoms with Crippen LogP contribution in [0.3, 0.4) is 0 Å². The molecular formula is C15H13ClOS. The third-order valence-corrected chi connectivity index (χ3v) is 3.87. The highest BCUT2D eigenvalue weighted by molar-refractivity contribution is 8.08. The Kier molecular flexibility index (Phi) is 4.73. The number of ether oxygens (including phenoxy) is 1. The first-order chi connectivity index (χ1) is 8.83. The molecule has 0 bridgehead atoms. The standard InChI is InChI=1S/C15H13ClOS/c1-17-13-9-7-12(8-10-13)15(11-16)18-14-5-3-2-4-6-14/h2-11H,1H3/b15-11+. The normalized spacial score (nSPS) is 11.3. The van der Waals surface area contributed by atoms with Gasteiger partial charge in [-0.05, 0) is 29.8 Å². The third kappa shape index (κ3) is 3.31. The van der Waals surface area contributed by atoms with E-state index < -0.39 is 0 Å². The van der Waals surface area contributed by atoms with Crippen molar-refractivity contribution in [1.29, 1.82) is 0 Å². The van der Waals surface area contributed by atoms with Crippen LogP contribution in [0.1, 0.15) is 5.56 Å². The summed E-state index contributed by atoms with van der Waals surface area (Å²) in [6.45, 7) is 0. The fourth-order valence-electron chi connectivity index (χ4n) is 1.51. The molecule has 0 unspecified atom stereocenters. The number of benzene rings is 2. The lowest BCUT2D eigenvalue weighted by Gasteiger charge is -2.07. The Labute approximate surface area is 116 Å². The van der Waals surface area contributed by atoms with Crippen molar-refractivity contribution in [3.8, 4) is 5.75 Å². The highest BCUT2D eigenvalue weighted by Gasteiger charge is 2.04. The summed E-state index contributed by atoms with van der Waals surface area (Å²) in [6, 6.07) is 18.0. The van der Waals surface area contributed by atoms with Crippen LogP contribution >= 0.6 is 23.4 Å². The second kappa shape index (κ2) is 6.53. The van der Waals surface area contributed by atoms with E-state index in [1.165, 1.54) is 4.90 Å². The lowest BCUT2D eigenvalue weighted by Crippen LogP contribution is -1.84. The van der Waals surface area contributed by atoms with Crippen LogP contribution in [0.2, 0.25) is 0 Å². The Morgan fingerprint density at radius 3 is 2.28 bits per heavy atom. The minimum Gasteiger partial charge on any atom is -0.497 e. The van der Waals surface area contributed by atoms with Crippen molar-refractivity contribution in [3.63, 3.8) is 0 Å². The van der Waals surface area contributed by atoms with Gasteiger partial charge < -0.3 is 4.74 Å². The molecule has 0 aliphatic carbocycles. The Morgan fingerprint density at radius 1 is 1.06 bits per heavy atom. The van der Waals surface area contributed by atoms with Gasteiger partial charge in [-0.2, -0.15) is 0 Å². The largest absolute Gasteiger partial charge is 0.497 e. The van der Waals surface area contributed by atoms with Gasteiger partial charge in [0.25, 0.3) is 0 Å². The molecule has 0 aliphatic rings. The lowest BCUT2D eigenvalue weighted by molar-refractivity contribution is 0.415. The van der Waals surface area contributed by atoms with Gasteiger partial charge in [0.15, 0.2) is 0 Å². The van der Waals surface area contributed by atoms with Gasteiger partial charge in [-0.1, -0.05) is 53.7 Å². The molecule has 2 aromatic carbocycles. The van der Waals surface area contributed by atoms with E-state index in [0.717, 1.165) is 16.2 Å². The summed E-state index contributed by atoms with van der Waals surface area (Å²) in [7, 11) is 1.66. The average molecular weight is 277 g/mol. The van der Waals surface area contributed by atoms with E-state index in [9.17, 15) is 0 Å². The van der Waals surface area contributed by atoms with Gasteiger partial charge >= 0.3 is 0 Å². The molecule has 0 saturated carbocycles. The summed E-state index contributed by atoms with van der Waals surface area (Å²) in [4.78, 5) is 2.19. The number of hydrogen-bond donors (Lipinski definition) is 0. The maximum Gasteiger partial charge on any atom is 0.118 e. The molecule has 0 heterocycles. The zero-order valence-electron chi connectivity index (χ0n) is 9.97.